The number of nitrogens with one attached hydrogen (secondary N) is 1. The zero-order valence-corrected chi connectivity index (χ0v) is 14.2. The fourth-order valence-electron chi connectivity index (χ4n) is 2.76. The third-order valence-corrected chi connectivity index (χ3v) is 4.05. The molecule has 1 heterocycles. The van der Waals surface area contributed by atoms with E-state index in [-0.39, 0.29) is 5.91 Å². The molecule has 1 aliphatic rings. The van der Waals surface area contributed by atoms with Gasteiger partial charge in [-0.05, 0) is 29.7 Å². The molecule has 0 radical (unpaired) electrons. The van der Waals surface area contributed by atoms with Gasteiger partial charge in [-0.1, -0.05) is 24.3 Å². The molecular weight excluding hydrogens is 320 g/mol. The number of carbonyl (C=O) groups is 1. The number of nitrogens with zero attached hydrogens (tertiary/aromatic N) is 1. The van der Waals surface area contributed by atoms with Crippen LogP contribution in [0.25, 0.3) is 0 Å². The number of rotatable bonds is 5. The van der Waals surface area contributed by atoms with E-state index in [1.54, 1.807) is 32.4 Å². The van der Waals surface area contributed by atoms with Gasteiger partial charge < -0.3 is 14.2 Å². The van der Waals surface area contributed by atoms with Crippen LogP contribution in [0.5, 0.6) is 11.5 Å². The molecule has 0 saturated heterocycles. The van der Waals surface area contributed by atoms with Gasteiger partial charge in [-0.15, -0.1) is 0 Å². The van der Waals surface area contributed by atoms with E-state index < -0.39 is 6.10 Å². The minimum atomic E-state index is -0.639. The highest BCUT2D eigenvalue weighted by molar-refractivity contribution is 5.87. The average Bonchev–Trinajstić information content (AvgIpc) is 2.67. The summed E-state index contributed by atoms with van der Waals surface area (Å²) in [5, 5.41) is 4.03. The largest absolute Gasteiger partial charge is 0.497 e. The van der Waals surface area contributed by atoms with Crippen LogP contribution in [0.15, 0.2) is 47.6 Å². The molecule has 0 saturated carbocycles. The van der Waals surface area contributed by atoms with E-state index in [0.717, 1.165) is 23.1 Å². The molecule has 25 heavy (non-hydrogen) atoms. The summed E-state index contributed by atoms with van der Waals surface area (Å²) in [6.07, 6.45) is 1.71. The van der Waals surface area contributed by atoms with Gasteiger partial charge >= 0.3 is 0 Å². The lowest BCUT2D eigenvalue weighted by Crippen LogP contribution is -2.31. The Morgan fingerprint density at radius 2 is 2.08 bits per heavy atom. The summed E-state index contributed by atoms with van der Waals surface area (Å²) >= 11 is 0. The van der Waals surface area contributed by atoms with E-state index in [9.17, 15) is 4.79 Å². The first-order chi connectivity index (χ1) is 12.2. The SMILES string of the molecule is COc1ccc(/C=N\NC(=O)C2OCCc3ccccc32)c(OC)c1. The standard InChI is InChI=1S/C19H20N2O4/c1-23-15-8-7-14(17(11-15)24-2)12-20-21-19(22)18-16-6-4-3-5-13(16)9-10-25-18/h3-8,11-12,18H,9-10H2,1-2H3,(H,21,22)/b20-12-. The summed E-state index contributed by atoms with van der Waals surface area (Å²) in [6, 6.07) is 13.2. The number of fused-ring (bicyclic) bond motifs is 1. The van der Waals surface area contributed by atoms with Crippen molar-refractivity contribution >= 4 is 12.1 Å². The third kappa shape index (κ3) is 3.80. The van der Waals surface area contributed by atoms with Crippen LogP contribution in [-0.4, -0.2) is 32.9 Å². The van der Waals surface area contributed by atoms with Crippen molar-refractivity contribution in [2.75, 3.05) is 20.8 Å². The molecule has 1 aliphatic heterocycles. The van der Waals surface area contributed by atoms with Crippen molar-refractivity contribution in [2.24, 2.45) is 5.10 Å². The Balaban J connectivity index is 1.70. The summed E-state index contributed by atoms with van der Waals surface area (Å²) < 4.78 is 16.1. The van der Waals surface area contributed by atoms with Gasteiger partial charge in [0.15, 0.2) is 6.10 Å². The summed E-state index contributed by atoms with van der Waals surface area (Å²) in [5.74, 6) is 0.998. The van der Waals surface area contributed by atoms with E-state index in [1.165, 1.54) is 6.21 Å². The number of benzene rings is 2. The van der Waals surface area contributed by atoms with Crippen molar-refractivity contribution in [1.82, 2.24) is 5.43 Å². The predicted octanol–water partition coefficient (Wildman–Crippen LogP) is 2.47. The van der Waals surface area contributed by atoms with Crippen LogP contribution in [0.3, 0.4) is 0 Å². The van der Waals surface area contributed by atoms with Crippen molar-refractivity contribution in [3.8, 4) is 11.5 Å². The number of amides is 1. The van der Waals surface area contributed by atoms with E-state index in [0.29, 0.717) is 18.1 Å². The number of hydrogen-bond acceptors (Lipinski definition) is 5. The van der Waals surface area contributed by atoms with Gasteiger partial charge in [-0.2, -0.15) is 5.10 Å². The molecule has 0 aliphatic carbocycles. The molecule has 130 valence electrons. The van der Waals surface area contributed by atoms with Crippen molar-refractivity contribution in [2.45, 2.75) is 12.5 Å². The zero-order valence-electron chi connectivity index (χ0n) is 14.2. The van der Waals surface area contributed by atoms with Crippen LogP contribution in [0.4, 0.5) is 0 Å². The molecule has 1 amide bonds. The molecule has 3 rings (SSSR count). The lowest BCUT2D eigenvalue weighted by Gasteiger charge is -2.24. The van der Waals surface area contributed by atoms with Crippen LogP contribution in [0, 0.1) is 0 Å². The second kappa shape index (κ2) is 7.81. The molecule has 2 aromatic rings. The smallest absolute Gasteiger partial charge is 0.273 e. The third-order valence-electron chi connectivity index (χ3n) is 4.05. The number of hydrazone groups is 1. The number of ether oxygens (including phenoxy) is 3. The van der Waals surface area contributed by atoms with Crippen molar-refractivity contribution in [3.63, 3.8) is 0 Å². The summed E-state index contributed by atoms with van der Waals surface area (Å²) in [4.78, 5) is 12.4. The first-order valence-electron chi connectivity index (χ1n) is 7.97. The monoisotopic (exact) mass is 340 g/mol. The minimum Gasteiger partial charge on any atom is -0.497 e. The van der Waals surface area contributed by atoms with Crippen LogP contribution in [-0.2, 0) is 16.0 Å². The Kier molecular flexibility index (Phi) is 5.30. The highest BCUT2D eigenvalue weighted by Crippen LogP contribution is 2.27. The van der Waals surface area contributed by atoms with E-state index >= 15 is 0 Å². The lowest BCUT2D eigenvalue weighted by atomic mass is 9.97. The Morgan fingerprint density at radius 3 is 2.88 bits per heavy atom. The topological polar surface area (TPSA) is 69.2 Å². The van der Waals surface area contributed by atoms with Gasteiger partial charge in [-0.3, -0.25) is 4.79 Å². The first-order valence-corrected chi connectivity index (χ1v) is 7.97. The molecule has 2 aromatic carbocycles. The van der Waals surface area contributed by atoms with Gasteiger partial charge in [0.1, 0.15) is 11.5 Å². The Hall–Kier alpha value is -2.86. The zero-order chi connectivity index (χ0) is 17.6. The van der Waals surface area contributed by atoms with E-state index in [4.69, 9.17) is 14.2 Å². The molecule has 0 fully saturated rings. The molecule has 6 nitrogen and oxygen atoms in total. The Bertz CT molecular complexity index is 789. The maximum absolute atomic E-state index is 12.4. The molecule has 0 aromatic heterocycles. The number of hydrogen-bond donors (Lipinski definition) is 1. The summed E-state index contributed by atoms with van der Waals surface area (Å²) in [6.45, 7) is 0.519. The highest BCUT2D eigenvalue weighted by Gasteiger charge is 2.26. The molecule has 1 unspecified atom stereocenters. The van der Waals surface area contributed by atoms with Gasteiger partial charge in [0.25, 0.3) is 5.91 Å². The molecule has 6 heteroatoms. The number of carbonyl (C=O) groups excluding carboxylic acids is 1. The Morgan fingerprint density at radius 1 is 1.24 bits per heavy atom. The van der Waals surface area contributed by atoms with Gasteiger partial charge in [0.2, 0.25) is 0 Å². The minimum absolute atomic E-state index is 0.295. The van der Waals surface area contributed by atoms with Crippen molar-refractivity contribution < 1.29 is 19.0 Å². The first kappa shape index (κ1) is 17.0. The van der Waals surface area contributed by atoms with E-state index in [1.807, 2.05) is 24.3 Å². The quantitative estimate of drug-likeness (QED) is 0.671. The molecule has 0 spiro atoms. The fourth-order valence-corrected chi connectivity index (χ4v) is 2.76. The number of methoxy groups -OCH3 is 2. The Labute approximate surface area is 146 Å². The second-order valence-corrected chi connectivity index (χ2v) is 5.54. The van der Waals surface area contributed by atoms with Crippen LogP contribution < -0.4 is 14.9 Å². The van der Waals surface area contributed by atoms with Gasteiger partial charge in [0, 0.05) is 11.6 Å². The van der Waals surface area contributed by atoms with Gasteiger partial charge in [0.05, 0.1) is 27.0 Å². The van der Waals surface area contributed by atoms with Crippen LogP contribution in [0.2, 0.25) is 0 Å². The van der Waals surface area contributed by atoms with Crippen molar-refractivity contribution in [1.29, 1.82) is 0 Å². The predicted molar refractivity (Wildman–Crippen MR) is 94.1 cm³/mol. The normalized spacial score (nSPS) is 16.3. The molecular formula is C19H20N2O4. The fraction of sp³-hybridized carbons (Fsp3) is 0.263. The average molecular weight is 340 g/mol. The second-order valence-electron chi connectivity index (χ2n) is 5.54. The van der Waals surface area contributed by atoms with Crippen LogP contribution in [0.1, 0.15) is 22.8 Å². The highest BCUT2D eigenvalue weighted by atomic mass is 16.5. The molecule has 1 atom stereocenters. The maximum Gasteiger partial charge on any atom is 0.273 e. The van der Waals surface area contributed by atoms with E-state index in [2.05, 4.69) is 10.5 Å². The van der Waals surface area contributed by atoms with Gasteiger partial charge in [-0.25, -0.2) is 5.43 Å². The van der Waals surface area contributed by atoms with Crippen molar-refractivity contribution in [3.05, 3.63) is 59.2 Å². The maximum atomic E-state index is 12.4. The summed E-state index contributed by atoms with van der Waals surface area (Å²) in [7, 11) is 3.16. The molecule has 1 N–H and O–H groups in total. The summed E-state index contributed by atoms with van der Waals surface area (Å²) in [5.41, 5.74) is 5.30. The molecule has 0 bridgehead atoms. The van der Waals surface area contributed by atoms with Crippen LogP contribution >= 0.6 is 0 Å². The lowest BCUT2D eigenvalue weighted by molar-refractivity contribution is -0.134.